The fourth-order valence-electron chi connectivity index (χ4n) is 3.80. The molecular formula is C26H26N6O3. The Labute approximate surface area is 202 Å². The van der Waals surface area contributed by atoms with Crippen LogP contribution < -0.4 is 10.6 Å². The Morgan fingerprint density at radius 2 is 1.80 bits per heavy atom. The van der Waals surface area contributed by atoms with Crippen molar-refractivity contribution in [2.75, 3.05) is 11.9 Å². The van der Waals surface area contributed by atoms with Crippen LogP contribution in [-0.2, 0) is 0 Å². The van der Waals surface area contributed by atoms with E-state index in [9.17, 15) is 14.9 Å². The summed E-state index contributed by atoms with van der Waals surface area (Å²) in [7, 11) is 0. The Morgan fingerprint density at radius 1 is 1.11 bits per heavy atom. The fourth-order valence-corrected chi connectivity index (χ4v) is 3.80. The van der Waals surface area contributed by atoms with Crippen LogP contribution in [0.15, 0.2) is 60.9 Å². The third kappa shape index (κ3) is 4.84. The number of rotatable bonds is 8. The van der Waals surface area contributed by atoms with Crippen LogP contribution in [0.25, 0.3) is 28.2 Å². The smallest absolute Gasteiger partial charge is 0.269 e. The van der Waals surface area contributed by atoms with Crippen molar-refractivity contribution in [1.82, 2.24) is 19.7 Å². The molecule has 4 aromatic rings. The van der Waals surface area contributed by atoms with E-state index in [0.29, 0.717) is 34.7 Å². The van der Waals surface area contributed by atoms with Crippen molar-refractivity contribution < 1.29 is 9.72 Å². The summed E-state index contributed by atoms with van der Waals surface area (Å²) in [4.78, 5) is 32.4. The molecule has 0 spiro atoms. The van der Waals surface area contributed by atoms with Crippen LogP contribution in [-0.4, -0.2) is 37.8 Å². The summed E-state index contributed by atoms with van der Waals surface area (Å²) in [5, 5.41) is 17.4. The summed E-state index contributed by atoms with van der Waals surface area (Å²) in [6, 6.07) is 14.1. The van der Waals surface area contributed by atoms with Gasteiger partial charge in [-0.2, -0.15) is 0 Å². The van der Waals surface area contributed by atoms with Crippen LogP contribution in [0.2, 0.25) is 0 Å². The lowest BCUT2D eigenvalue weighted by Crippen LogP contribution is -2.25. The van der Waals surface area contributed by atoms with E-state index in [1.807, 2.05) is 34.9 Å². The molecule has 35 heavy (non-hydrogen) atoms. The van der Waals surface area contributed by atoms with Crippen molar-refractivity contribution in [1.29, 1.82) is 0 Å². The molecule has 9 nitrogen and oxygen atoms in total. The third-order valence-corrected chi connectivity index (χ3v) is 5.90. The second-order valence-corrected chi connectivity index (χ2v) is 9.22. The van der Waals surface area contributed by atoms with Gasteiger partial charge in [-0.1, -0.05) is 26.0 Å². The van der Waals surface area contributed by atoms with Gasteiger partial charge in [0.25, 0.3) is 11.6 Å². The molecule has 1 aliphatic rings. The first-order valence-corrected chi connectivity index (χ1v) is 11.7. The molecule has 2 N–H and O–H groups in total. The minimum absolute atomic E-state index is 0.0297. The number of nitrogens with zero attached hydrogens (tertiary/aromatic N) is 4. The second kappa shape index (κ2) is 9.17. The first-order valence-electron chi connectivity index (χ1n) is 11.7. The van der Waals surface area contributed by atoms with Crippen LogP contribution in [0, 0.1) is 16.0 Å². The van der Waals surface area contributed by atoms with Gasteiger partial charge in [0.15, 0.2) is 11.5 Å². The van der Waals surface area contributed by atoms with E-state index in [0.717, 1.165) is 36.2 Å². The SMILES string of the molecule is CC(C)CNc1nc(-c2ccc([N+](=O)[O-])cc2)cn2c(-c3ccc(C(=O)NC4CC4)cc3)cnc12. The Hall–Kier alpha value is -4.27. The van der Waals surface area contributed by atoms with E-state index >= 15 is 0 Å². The average molecular weight is 471 g/mol. The highest BCUT2D eigenvalue weighted by Crippen LogP contribution is 2.29. The molecule has 0 radical (unpaired) electrons. The van der Waals surface area contributed by atoms with Crippen molar-refractivity contribution >= 4 is 23.1 Å². The van der Waals surface area contributed by atoms with Crippen molar-refractivity contribution in [2.24, 2.45) is 5.92 Å². The van der Waals surface area contributed by atoms with Gasteiger partial charge in [0.05, 0.1) is 22.5 Å². The molecule has 2 aromatic heterocycles. The lowest BCUT2D eigenvalue weighted by Gasteiger charge is -2.13. The number of benzene rings is 2. The van der Waals surface area contributed by atoms with E-state index in [1.165, 1.54) is 12.1 Å². The second-order valence-electron chi connectivity index (χ2n) is 9.22. The zero-order valence-corrected chi connectivity index (χ0v) is 19.6. The molecule has 178 valence electrons. The largest absolute Gasteiger partial charge is 0.367 e. The van der Waals surface area contributed by atoms with Gasteiger partial charge in [0, 0.05) is 47.6 Å². The van der Waals surface area contributed by atoms with Crippen LogP contribution in [0.1, 0.15) is 37.0 Å². The van der Waals surface area contributed by atoms with Gasteiger partial charge in [-0.15, -0.1) is 0 Å². The monoisotopic (exact) mass is 470 g/mol. The number of hydrogen-bond donors (Lipinski definition) is 2. The van der Waals surface area contributed by atoms with E-state index in [-0.39, 0.29) is 11.6 Å². The molecular weight excluding hydrogens is 444 g/mol. The number of amides is 1. The molecule has 9 heteroatoms. The lowest BCUT2D eigenvalue weighted by atomic mass is 10.1. The highest BCUT2D eigenvalue weighted by atomic mass is 16.6. The molecule has 0 unspecified atom stereocenters. The van der Waals surface area contributed by atoms with E-state index in [1.54, 1.807) is 18.3 Å². The zero-order valence-electron chi connectivity index (χ0n) is 19.6. The number of nitro groups is 1. The molecule has 0 aliphatic heterocycles. The summed E-state index contributed by atoms with van der Waals surface area (Å²) in [6.45, 7) is 4.95. The Kier molecular flexibility index (Phi) is 5.90. The summed E-state index contributed by atoms with van der Waals surface area (Å²) >= 11 is 0. The first kappa shape index (κ1) is 22.5. The Morgan fingerprint density at radius 3 is 2.43 bits per heavy atom. The molecule has 0 atom stereocenters. The number of nitrogens with one attached hydrogen (secondary N) is 2. The van der Waals surface area contributed by atoms with Gasteiger partial charge in [-0.25, -0.2) is 9.97 Å². The third-order valence-electron chi connectivity index (χ3n) is 5.90. The highest BCUT2D eigenvalue weighted by molar-refractivity contribution is 5.95. The molecule has 1 fully saturated rings. The number of fused-ring (bicyclic) bond motifs is 1. The maximum absolute atomic E-state index is 12.4. The molecule has 0 bridgehead atoms. The summed E-state index contributed by atoms with van der Waals surface area (Å²) in [5.74, 6) is 0.992. The van der Waals surface area contributed by atoms with Gasteiger partial charge >= 0.3 is 0 Å². The summed E-state index contributed by atoms with van der Waals surface area (Å²) < 4.78 is 1.96. The number of aromatic nitrogens is 3. The van der Waals surface area contributed by atoms with Gasteiger partial charge in [-0.3, -0.25) is 19.3 Å². The molecule has 2 aromatic carbocycles. The number of hydrogen-bond acceptors (Lipinski definition) is 6. The normalized spacial score (nSPS) is 13.2. The molecule has 5 rings (SSSR count). The van der Waals surface area contributed by atoms with E-state index in [2.05, 4.69) is 29.5 Å². The zero-order chi connectivity index (χ0) is 24.5. The van der Waals surface area contributed by atoms with E-state index < -0.39 is 4.92 Å². The predicted molar refractivity (Wildman–Crippen MR) is 134 cm³/mol. The quantitative estimate of drug-likeness (QED) is 0.279. The number of non-ortho nitro benzene ring substituents is 1. The average Bonchev–Trinajstić information content (AvgIpc) is 3.57. The van der Waals surface area contributed by atoms with Crippen LogP contribution in [0.5, 0.6) is 0 Å². The topological polar surface area (TPSA) is 114 Å². The van der Waals surface area contributed by atoms with Crippen LogP contribution >= 0.6 is 0 Å². The first-order chi connectivity index (χ1) is 16.9. The van der Waals surface area contributed by atoms with E-state index in [4.69, 9.17) is 4.98 Å². The number of nitro benzene ring substituents is 1. The van der Waals surface area contributed by atoms with Crippen molar-refractivity contribution in [3.8, 4) is 22.5 Å². The number of carbonyl (C=O) groups is 1. The van der Waals surface area contributed by atoms with Gasteiger partial charge in [-0.05, 0) is 43.0 Å². The van der Waals surface area contributed by atoms with Gasteiger partial charge in [0.1, 0.15) is 0 Å². The van der Waals surface area contributed by atoms with Crippen molar-refractivity contribution in [3.63, 3.8) is 0 Å². The van der Waals surface area contributed by atoms with Crippen LogP contribution in [0.4, 0.5) is 11.5 Å². The number of carbonyl (C=O) groups excluding carboxylic acids is 1. The summed E-state index contributed by atoms with van der Waals surface area (Å²) in [6.07, 6.45) is 5.76. The Bertz CT molecular complexity index is 1390. The molecule has 2 heterocycles. The molecule has 0 saturated heterocycles. The van der Waals surface area contributed by atoms with Gasteiger partial charge < -0.3 is 10.6 Å². The van der Waals surface area contributed by atoms with Crippen molar-refractivity contribution in [3.05, 3.63) is 76.6 Å². The number of anilines is 1. The lowest BCUT2D eigenvalue weighted by molar-refractivity contribution is -0.384. The molecule has 1 amide bonds. The maximum atomic E-state index is 12.4. The fraction of sp³-hybridized carbons (Fsp3) is 0.269. The van der Waals surface area contributed by atoms with Gasteiger partial charge in [0.2, 0.25) is 0 Å². The van der Waals surface area contributed by atoms with Crippen LogP contribution in [0.3, 0.4) is 0 Å². The Balaban J connectivity index is 1.54. The molecule has 1 saturated carbocycles. The summed E-state index contributed by atoms with van der Waals surface area (Å²) in [5.41, 5.74) is 4.53. The predicted octanol–water partition coefficient (Wildman–Crippen LogP) is 4.93. The highest BCUT2D eigenvalue weighted by Gasteiger charge is 2.24. The number of imidazole rings is 1. The minimum Gasteiger partial charge on any atom is -0.367 e. The molecule has 1 aliphatic carbocycles. The minimum atomic E-state index is -0.418. The van der Waals surface area contributed by atoms with Crippen molar-refractivity contribution in [2.45, 2.75) is 32.7 Å². The maximum Gasteiger partial charge on any atom is 0.269 e. The standard InChI is InChI=1S/C26H26N6O3/c1-16(2)13-27-24-25-28-14-23(18-3-5-19(6-4-18)26(33)29-20-9-10-20)31(25)15-22(30-24)17-7-11-21(12-8-17)32(34)35/h3-8,11-12,14-16,20H,9-10,13H2,1-2H3,(H,27,30)(H,29,33).